The molecule has 78 valence electrons. The van der Waals surface area contributed by atoms with Gasteiger partial charge in [0.15, 0.2) is 0 Å². The molecule has 0 aromatic carbocycles. The third-order valence-corrected chi connectivity index (χ3v) is 2.83. The average molecular weight is 184 g/mol. The summed E-state index contributed by atoms with van der Waals surface area (Å²) in [7, 11) is 2.23. The maximum absolute atomic E-state index is 2.61. The minimum atomic E-state index is 0.848. The fourth-order valence-electron chi connectivity index (χ4n) is 1.76. The number of nitrogens with zero attached hydrogens (tertiary/aromatic N) is 2. The Hall–Kier alpha value is -0.0800. The van der Waals surface area contributed by atoms with Crippen LogP contribution in [0.25, 0.3) is 0 Å². The standard InChI is InChI=1S/C11H24N2/c1-11(2)5-8-13-7-4-6-12(3)9-10-13/h11H,4-10H2,1-3H3. The molecule has 0 N–H and O–H groups in total. The molecule has 0 saturated carbocycles. The Morgan fingerprint density at radius 1 is 1.08 bits per heavy atom. The topological polar surface area (TPSA) is 6.48 Å². The first-order valence-electron chi connectivity index (χ1n) is 5.59. The molecule has 2 nitrogen and oxygen atoms in total. The first kappa shape index (κ1) is 11.0. The summed E-state index contributed by atoms with van der Waals surface area (Å²) in [6.07, 6.45) is 2.69. The summed E-state index contributed by atoms with van der Waals surface area (Å²) in [5.74, 6) is 0.848. The number of hydrogen-bond donors (Lipinski definition) is 0. The van der Waals surface area contributed by atoms with Crippen LogP contribution >= 0.6 is 0 Å². The minimum absolute atomic E-state index is 0.848. The van der Waals surface area contributed by atoms with Crippen molar-refractivity contribution in [1.82, 2.24) is 9.80 Å². The van der Waals surface area contributed by atoms with Crippen molar-refractivity contribution in [2.45, 2.75) is 26.7 Å². The van der Waals surface area contributed by atoms with Gasteiger partial charge in [-0.1, -0.05) is 13.8 Å². The molecule has 13 heavy (non-hydrogen) atoms. The average Bonchev–Trinajstić information content (AvgIpc) is 2.27. The third-order valence-electron chi connectivity index (χ3n) is 2.83. The number of rotatable bonds is 3. The van der Waals surface area contributed by atoms with Gasteiger partial charge >= 0.3 is 0 Å². The second kappa shape index (κ2) is 5.61. The molecule has 0 spiro atoms. The molecule has 0 aromatic heterocycles. The molecule has 1 fully saturated rings. The van der Waals surface area contributed by atoms with Crippen LogP contribution in [0.4, 0.5) is 0 Å². The Morgan fingerprint density at radius 2 is 1.85 bits per heavy atom. The SMILES string of the molecule is CC(C)CCN1CCCN(C)CC1. The maximum atomic E-state index is 2.61. The zero-order valence-electron chi connectivity index (χ0n) is 9.42. The predicted octanol–water partition coefficient (Wildman–Crippen LogP) is 1.67. The van der Waals surface area contributed by atoms with E-state index in [1.54, 1.807) is 0 Å². The highest BCUT2D eigenvalue weighted by Crippen LogP contribution is 2.05. The van der Waals surface area contributed by atoms with Gasteiger partial charge in [-0.15, -0.1) is 0 Å². The van der Waals surface area contributed by atoms with E-state index >= 15 is 0 Å². The van der Waals surface area contributed by atoms with E-state index in [1.807, 2.05) is 0 Å². The second-order valence-electron chi connectivity index (χ2n) is 4.68. The molecule has 0 amide bonds. The molecule has 0 radical (unpaired) electrons. The molecule has 0 aromatic rings. The van der Waals surface area contributed by atoms with E-state index in [0.717, 1.165) is 5.92 Å². The quantitative estimate of drug-likeness (QED) is 0.658. The molecule has 0 aliphatic carbocycles. The molecule has 0 bridgehead atoms. The smallest absolute Gasteiger partial charge is 0.0109 e. The number of likely N-dealkylation sites (N-methyl/N-ethyl adjacent to an activating group) is 1. The van der Waals surface area contributed by atoms with E-state index in [9.17, 15) is 0 Å². The first-order chi connectivity index (χ1) is 6.18. The van der Waals surface area contributed by atoms with Crippen LogP contribution in [0.15, 0.2) is 0 Å². The molecular weight excluding hydrogens is 160 g/mol. The van der Waals surface area contributed by atoms with Crippen LogP contribution in [0.3, 0.4) is 0 Å². The summed E-state index contributed by atoms with van der Waals surface area (Å²) in [5.41, 5.74) is 0. The Bertz CT molecular complexity index is 134. The molecule has 1 aliphatic heterocycles. The molecule has 2 heteroatoms. The van der Waals surface area contributed by atoms with Gasteiger partial charge in [0, 0.05) is 13.1 Å². The fraction of sp³-hybridized carbons (Fsp3) is 1.00. The van der Waals surface area contributed by atoms with Crippen LogP contribution in [0.5, 0.6) is 0 Å². The van der Waals surface area contributed by atoms with Crippen LogP contribution in [0, 0.1) is 5.92 Å². The van der Waals surface area contributed by atoms with Gasteiger partial charge in [0.05, 0.1) is 0 Å². The van der Waals surface area contributed by atoms with Crippen molar-refractivity contribution in [1.29, 1.82) is 0 Å². The van der Waals surface area contributed by atoms with Gasteiger partial charge in [-0.3, -0.25) is 0 Å². The van der Waals surface area contributed by atoms with Crippen molar-refractivity contribution in [3.05, 3.63) is 0 Å². The highest BCUT2D eigenvalue weighted by molar-refractivity contribution is 4.67. The van der Waals surface area contributed by atoms with E-state index in [-0.39, 0.29) is 0 Å². The van der Waals surface area contributed by atoms with Gasteiger partial charge < -0.3 is 9.80 Å². The summed E-state index contributed by atoms with van der Waals surface area (Å²) in [4.78, 5) is 5.05. The van der Waals surface area contributed by atoms with E-state index in [2.05, 4.69) is 30.7 Å². The van der Waals surface area contributed by atoms with Gasteiger partial charge in [-0.05, 0) is 45.4 Å². The lowest BCUT2D eigenvalue weighted by atomic mass is 10.1. The van der Waals surface area contributed by atoms with Gasteiger partial charge in [0.2, 0.25) is 0 Å². The molecule has 1 saturated heterocycles. The Morgan fingerprint density at radius 3 is 2.54 bits per heavy atom. The summed E-state index contributed by atoms with van der Waals surface area (Å²) in [6.45, 7) is 11.0. The van der Waals surface area contributed by atoms with Crippen LogP contribution in [-0.2, 0) is 0 Å². The highest BCUT2D eigenvalue weighted by atomic mass is 15.2. The largest absolute Gasteiger partial charge is 0.305 e. The normalized spacial score (nSPS) is 22.2. The van der Waals surface area contributed by atoms with E-state index < -0.39 is 0 Å². The van der Waals surface area contributed by atoms with E-state index in [4.69, 9.17) is 0 Å². The zero-order valence-corrected chi connectivity index (χ0v) is 9.42. The summed E-state index contributed by atoms with van der Waals surface area (Å²) in [5, 5.41) is 0. The maximum Gasteiger partial charge on any atom is 0.0109 e. The molecular formula is C11H24N2. The minimum Gasteiger partial charge on any atom is -0.305 e. The van der Waals surface area contributed by atoms with Crippen molar-refractivity contribution in [2.24, 2.45) is 5.92 Å². The van der Waals surface area contributed by atoms with Gasteiger partial charge in [-0.2, -0.15) is 0 Å². The second-order valence-corrected chi connectivity index (χ2v) is 4.68. The van der Waals surface area contributed by atoms with Gasteiger partial charge in [-0.25, -0.2) is 0 Å². The Labute approximate surface area is 82.9 Å². The van der Waals surface area contributed by atoms with Crippen LogP contribution < -0.4 is 0 Å². The molecule has 1 rings (SSSR count). The number of hydrogen-bond acceptors (Lipinski definition) is 2. The first-order valence-corrected chi connectivity index (χ1v) is 5.59. The van der Waals surface area contributed by atoms with Crippen molar-refractivity contribution >= 4 is 0 Å². The van der Waals surface area contributed by atoms with Gasteiger partial charge in [0.1, 0.15) is 0 Å². The molecule has 1 heterocycles. The monoisotopic (exact) mass is 184 g/mol. The van der Waals surface area contributed by atoms with Crippen LogP contribution in [0.2, 0.25) is 0 Å². The lowest BCUT2D eigenvalue weighted by Crippen LogP contribution is -2.30. The third kappa shape index (κ3) is 4.63. The summed E-state index contributed by atoms with van der Waals surface area (Å²) in [6, 6.07) is 0. The van der Waals surface area contributed by atoms with E-state index in [0.29, 0.717) is 0 Å². The summed E-state index contributed by atoms with van der Waals surface area (Å²) < 4.78 is 0. The Balaban J connectivity index is 2.18. The lowest BCUT2D eigenvalue weighted by molar-refractivity contribution is 0.262. The van der Waals surface area contributed by atoms with Crippen LogP contribution in [0.1, 0.15) is 26.7 Å². The van der Waals surface area contributed by atoms with Crippen molar-refractivity contribution in [3.63, 3.8) is 0 Å². The van der Waals surface area contributed by atoms with Crippen molar-refractivity contribution < 1.29 is 0 Å². The fourth-order valence-corrected chi connectivity index (χ4v) is 1.76. The summed E-state index contributed by atoms with van der Waals surface area (Å²) >= 11 is 0. The van der Waals surface area contributed by atoms with Crippen molar-refractivity contribution in [3.8, 4) is 0 Å². The molecule has 0 atom stereocenters. The lowest BCUT2D eigenvalue weighted by Gasteiger charge is -2.20. The van der Waals surface area contributed by atoms with Crippen molar-refractivity contribution in [2.75, 3.05) is 39.8 Å². The predicted molar refractivity (Wildman–Crippen MR) is 58.0 cm³/mol. The highest BCUT2D eigenvalue weighted by Gasteiger charge is 2.11. The van der Waals surface area contributed by atoms with Gasteiger partial charge in [0.25, 0.3) is 0 Å². The molecule has 1 aliphatic rings. The Kier molecular flexibility index (Phi) is 4.74. The van der Waals surface area contributed by atoms with E-state index in [1.165, 1.54) is 45.6 Å². The van der Waals surface area contributed by atoms with Crippen LogP contribution in [-0.4, -0.2) is 49.6 Å². The molecule has 0 unspecified atom stereocenters. The zero-order chi connectivity index (χ0) is 9.68.